The fourth-order valence-electron chi connectivity index (χ4n) is 2.11. The summed E-state index contributed by atoms with van der Waals surface area (Å²) < 4.78 is 5.19. The zero-order valence-corrected chi connectivity index (χ0v) is 11.7. The van der Waals surface area contributed by atoms with E-state index >= 15 is 0 Å². The molecule has 4 nitrogen and oxygen atoms in total. The van der Waals surface area contributed by atoms with Crippen molar-refractivity contribution in [1.29, 1.82) is 0 Å². The van der Waals surface area contributed by atoms with Gasteiger partial charge in [0.1, 0.15) is 11.5 Å². The first-order chi connectivity index (χ1) is 9.67. The highest BCUT2D eigenvalue weighted by Crippen LogP contribution is 2.40. The van der Waals surface area contributed by atoms with Gasteiger partial charge in [0.2, 0.25) is 0 Å². The lowest BCUT2D eigenvalue weighted by Crippen LogP contribution is -2.05. The van der Waals surface area contributed by atoms with E-state index in [4.69, 9.17) is 21.9 Å². The lowest BCUT2D eigenvalue weighted by Gasteiger charge is -2.04. The maximum absolute atomic E-state index is 12.2. The quantitative estimate of drug-likeness (QED) is 0.859. The molecule has 0 unspecified atom stereocenters. The number of hydrogen-bond acceptors (Lipinski definition) is 4. The van der Waals surface area contributed by atoms with Crippen molar-refractivity contribution in [2.24, 2.45) is 5.73 Å². The van der Waals surface area contributed by atoms with Crippen LogP contribution in [0.3, 0.4) is 0 Å². The Hall–Kier alpha value is -1.65. The molecular formula is C15H15ClN2O2. The van der Waals surface area contributed by atoms with Gasteiger partial charge in [-0.05, 0) is 30.0 Å². The number of hydrogen-bond donors (Lipinski definition) is 1. The van der Waals surface area contributed by atoms with Crippen molar-refractivity contribution >= 4 is 17.4 Å². The molecule has 20 heavy (non-hydrogen) atoms. The van der Waals surface area contributed by atoms with Crippen molar-refractivity contribution in [2.75, 3.05) is 0 Å². The van der Waals surface area contributed by atoms with Crippen LogP contribution in [0.2, 0.25) is 5.02 Å². The molecule has 0 atom stereocenters. The van der Waals surface area contributed by atoms with Crippen molar-refractivity contribution in [3.05, 3.63) is 51.9 Å². The summed E-state index contributed by atoms with van der Waals surface area (Å²) in [5.41, 5.74) is 7.66. The minimum Gasteiger partial charge on any atom is -0.360 e. The van der Waals surface area contributed by atoms with E-state index in [2.05, 4.69) is 5.16 Å². The molecule has 1 aromatic carbocycles. The Morgan fingerprint density at radius 3 is 2.85 bits per heavy atom. The number of halogens is 1. The van der Waals surface area contributed by atoms with Crippen molar-refractivity contribution < 1.29 is 9.32 Å². The Bertz CT molecular complexity index is 647. The summed E-state index contributed by atoms with van der Waals surface area (Å²) in [6, 6.07) is 7.27. The lowest BCUT2D eigenvalue weighted by molar-refractivity contribution is 0.0984. The van der Waals surface area contributed by atoms with Gasteiger partial charge in [-0.3, -0.25) is 4.79 Å². The van der Waals surface area contributed by atoms with Gasteiger partial charge in [0, 0.05) is 30.0 Å². The largest absolute Gasteiger partial charge is 0.360 e. The summed E-state index contributed by atoms with van der Waals surface area (Å²) >= 11 is 6.15. The molecular weight excluding hydrogens is 276 g/mol. The minimum absolute atomic E-state index is 0.0805. The van der Waals surface area contributed by atoms with E-state index in [1.54, 1.807) is 12.1 Å². The van der Waals surface area contributed by atoms with E-state index in [9.17, 15) is 4.79 Å². The van der Waals surface area contributed by atoms with Crippen LogP contribution in [0.4, 0.5) is 0 Å². The van der Waals surface area contributed by atoms with Crippen LogP contribution in [0.5, 0.6) is 0 Å². The number of nitrogens with two attached hydrogens (primary N) is 1. The zero-order valence-electron chi connectivity index (χ0n) is 10.9. The molecule has 0 bridgehead atoms. The van der Waals surface area contributed by atoms with Crippen molar-refractivity contribution in [3.63, 3.8) is 0 Å². The van der Waals surface area contributed by atoms with E-state index in [-0.39, 0.29) is 12.2 Å². The van der Waals surface area contributed by atoms with Crippen LogP contribution in [0.1, 0.15) is 46.1 Å². The number of carbonyl (C=O) groups is 1. The van der Waals surface area contributed by atoms with Crippen molar-refractivity contribution in [1.82, 2.24) is 5.16 Å². The average molecular weight is 291 g/mol. The van der Waals surface area contributed by atoms with Gasteiger partial charge < -0.3 is 10.3 Å². The maximum atomic E-state index is 12.2. The molecule has 0 saturated heterocycles. The SMILES string of the molecule is NCc1ccc(CC(=O)c2cc(C3CC3)on2)c(Cl)c1. The molecule has 1 aromatic heterocycles. The molecule has 0 spiro atoms. The Balaban J connectivity index is 1.74. The van der Waals surface area contributed by atoms with Gasteiger partial charge in [-0.1, -0.05) is 28.9 Å². The molecule has 1 fully saturated rings. The Morgan fingerprint density at radius 1 is 1.40 bits per heavy atom. The second-order valence-electron chi connectivity index (χ2n) is 5.12. The van der Waals surface area contributed by atoms with Crippen molar-refractivity contribution in [3.8, 4) is 0 Å². The second-order valence-corrected chi connectivity index (χ2v) is 5.53. The number of rotatable bonds is 5. The van der Waals surface area contributed by atoms with Crippen LogP contribution in [-0.2, 0) is 13.0 Å². The summed E-state index contributed by atoms with van der Waals surface area (Å²) in [5.74, 6) is 1.19. The molecule has 0 aliphatic heterocycles. The smallest absolute Gasteiger partial charge is 0.189 e. The summed E-state index contributed by atoms with van der Waals surface area (Å²) in [5, 5.41) is 4.41. The maximum Gasteiger partial charge on any atom is 0.189 e. The van der Waals surface area contributed by atoms with E-state index in [0.29, 0.717) is 23.2 Å². The first-order valence-corrected chi connectivity index (χ1v) is 7.02. The lowest BCUT2D eigenvalue weighted by atomic mass is 10.0. The number of Topliss-reactive ketones (excluding diaryl/α,β-unsaturated/α-hetero) is 1. The van der Waals surface area contributed by atoms with Crippen LogP contribution < -0.4 is 5.73 Å². The van der Waals surface area contributed by atoms with Crippen LogP contribution in [0, 0.1) is 0 Å². The number of carbonyl (C=O) groups excluding carboxylic acids is 1. The second kappa shape index (κ2) is 5.38. The van der Waals surface area contributed by atoms with E-state index in [1.165, 1.54) is 0 Å². The first kappa shape index (κ1) is 13.3. The third kappa shape index (κ3) is 2.76. The predicted molar refractivity (Wildman–Crippen MR) is 75.9 cm³/mol. The molecule has 2 N–H and O–H groups in total. The molecule has 104 valence electrons. The average Bonchev–Trinajstić information content (AvgIpc) is 3.18. The number of benzene rings is 1. The summed E-state index contributed by atoms with van der Waals surface area (Å²) in [7, 11) is 0. The highest BCUT2D eigenvalue weighted by molar-refractivity contribution is 6.31. The summed E-state index contributed by atoms with van der Waals surface area (Å²) in [4.78, 5) is 12.2. The number of nitrogens with zero attached hydrogens (tertiary/aromatic N) is 1. The number of aromatic nitrogens is 1. The monoisotopic (exact) mass is 290 g/mol. The third-order valence-electron chi connectivity index (χ3n) is 3.50. The Kier molecular flexibility index (Phi) is 3.59. The minimum atomic E-state index is -0.0805. The molecule has 1 saturated carbocycles. The van der Waals surface area contributed by atoms with Gasteiger partial charge in [-0.15, -0.1) is 0 Å². The fourth-order valence-corrected chi connectivity index (χ4v) is 2.38. The molecule has 1 aliphatic rings. The van der Waals surface area contributed by atoms with Crippen LogP contribution in [0.25, 0.3) is 0 Å². The van der Waals surface area contributed by atoms with Gasteiger partial charge >= 0.3 is 0 Å². The molecule has 3 rings (SSSR count). The first-order valence-electron chi connectivity index (χ1n) is 6.64. The van der Waals surface area contributed by atoms with E-state index in [0.717, 1.165) is 29.7 Å². The van der Waals surface area contributed by atoms with E-state index < -0.39 is 0 Å². The predicted octanol–water partition coefficient (Wildman–Crippen LogP) is 3.09. The number of ketones is 1. The summed E-state index contributed by atoms with van der Waals surface area (Å²) in [6.45, 7) is 0.433. The topological polar surface area (TPSA) is 69.1 Å². The molecule has 2 aromatic rings. The highest BCUT2D eigenvalue weighted by Gasteiger charge is 2.28. The van der Waals surface area contributed by atoms with Crippen LogP contribution in [-0.4, -0.2) is 10.9 Å². The zero-order chi connectivity index (χ0) is 14.1. The van der Waals surface area contributed by atoms with E-state index in [1.807, 2.05) is 12.1 Å². The molecule has 0 amide bonds. The Labute approximate surface area is 121 Å². The van der Waals surface area contributed by atoms with Gasteiger partial charge in [-0.25, -0.2) is 0 Å². The highest BCUT2D eigenvalue weighted by atomic mass is 35.5. The third-order valence-corrected chi connectivity index (χ3v) is 3.85. The Morgan fingerprint density at radius 2 is 2.20 bits per heavy atom. The van der Waals surface area contributed by atoms with Crippen molar-refractivity contribution in [2.45, 2.75) is 31.7 Å². The van der Waals surface area contributed by atoms with Gasteiger partial charge in [-0.2, -0.15) is 0 Å². The van der Waals surface area contributed by atoms with Crippen LogP contribution >= 0.6 is 11.6 Å². The van der Waals surface area contributed by atoms with Gasteiger partial charge in [0.25, 0.3) is 0 Å². The molecule has 5 heteroatoms. The molecule has 1 aliphatic carbocycles. The molecule has 1 heterocycles. The fraction of sp³-hybridized carbons (Fsp3) is 0.333. The molecule has 0 radical (unpaired) electrons. The summed E-state index contributed by atoms with van der Waals surface area (Å²) in [6.07, 6.45) is 2.46. The van der Waals surface area contributed by atoms with Crippen LogP contribution in [0.15, 0.2) is 28.8 Å². The van der Waals surface area contributed by atoms with Gasteiger partial charge in [0.15, 0.2) is 5.78 Å². The van der Waals surface area contributed by atoms with Gasteiger partial charge in [0.05, 0.1) is 0 Å². The normalized spacial score (nSPS) is 14.5. The standard InChI is InChI=1S/C15H15ClN2O2/c16-12-5-9(8-17)1-2-11(12)6-14(19)13-7-15(20-18-13)10-3-4-10/h1-2,5,7,10H,3-4,6,8,17H2.